The van der Waals surface area contributed by atoms with E-state index in [1.54, 1.807) is 0 Å². The van der Waals surface area contributed by atoms with Gasteiger partial charge in [0, 0.05) is 12.8 Å². The molecule has 0 bridgehead atoms. The summed E-state index contributed by atoms with van der Waals surface area (Å²) >= 11 is 0. The standard InChI is InChI=1S/C31H56O8.C22H42O8/c1-3-5-7-9-11-13-15-17-19-21-29(34)37-25-27(39-31(36)24-23-28(32)33)26-38-30(35)22-20-18-16-14-12-10-8-6-4-2;1-2-3-4-5-6-7-8-9-10-11-12-19(20(27)28)22(21(29)30,13-17(25)15-23)14-18(26)16-24/h27H,3-26H2,1-2H3,(H,32,33);17-19,23-26H,2-16H2,1H3,(H,27,28)(H,29,30). The van der Waals surface area contributed by atoms with Gasteiger partial charge in [-0.1, -0.05) is 188 Å². The van der Waals surface area contributed by atoms with E-state index in [4.69, 9.17) is 29.5 Å². The van der Waals surface area contributed by atoms with Gasteiger partial charge in [0.05, 0.1) is 49.6 Å². The number of hydrogen-bond acceptors (Lipinski definition) is 13. The molecule has 0 saturated heterocycles. The molecule has 0 fully saturated rings. The minimum Gasteiger partial charge on any atom is -0.481 e. The predicted octanol–water partition coefficient (Wildman–Crippen LogP) is 10.2. The van der Waals surface area contributed by atoms with Gasteiger partial charge >= 0.3 is 35.8 Å². The SMILES string of the molecule is CCCCCCCCCCCC(=O)OCC(COC(=O)CCCCCCCCCCC)OC(=O)CCC(=O)O.CCCCCCCCCCCCC(C(=O)O)C(CC(O)CO)(CC(O)CO)C(=O)O. The van der Waals surface area contributed by atoms with Crippen LogP contribution in [0.3, 0.4) is 0 Å². The van der Waals surface area contributed by atoms with Crippen LogP contribution in [0.1, 0.15) is 245 Å². The summed E-state index contributed by atoms with van der Waals surface area (Å²) in [7, 11) is 0. The van der Waals surface area contributed by atoms with E-state index in [9.17, 15) is 49.2 Å². The number of carboxylic acid groups (broad SMARTS) is 3. The number of unbranched alkanes of at least 4 members (excludes halogenated alkanes) is 25. The van der Waals surface area contributed by atoms with Gasteiger partial charge in [0.25, 0.3) is 0 Å². The highest BCUT2D eigenvalue weighted by Crippen LogP contribution is 2.42. The molecular formula is C53H98O16. The normalized spacial score (nSPS) is 13.4. The lowest BCUT2D eigenvalue weighted by Gasteiger charge is -2.37. The van der Waals surface area contributed by atoms with Crippen LogP contribution in [0, 0.1) is 11.3 Å². The van der Waals surface area contributed by atoms with Crippen LogP contribution in [0.15, 0.2) is 0 Å². The molecular weight excluding hydrogens is 893 g/mol. The molecule has 0 spiro atoms. The number of ether oxygens (including phenoxy) is 3. The number of carbonyl (C=O) groups is 6. The lowest BCUT2D eigenvalue weighted by atomic mass is 9.66. The highest BCUT2D eigenvalue weighted by Gasteiger charge is 2.51. The number of aliphatic hydroxyl groups excluding tert-OH is 4. The summed E-state index contributed by atoms with van der Waals surface area (Å²) in [5.74, 6) is -6.72. The summed E-state index contributed by atoms with van der Waals surface area (Å²) in [5.41, 5.74) is -1.98. The second kappa shape index (κ2) is 47.0. The molecule has 0 rings (SSSR count). The molecule has 16 nitrogen and oxygen atoms in total. The first-order valence-electron chi connectivity index (χ1n) is 26.9. The smallest absolute Gasteiger partial charge is 0.310 e. The number of aliphatic hydroxyl groups is 4. The fourth-order valence-electron chi connectivity index (χ4n) is 8.38. The molecule has 3 unspecified atom stereocenters. The van der Waals surface area contributed by atoms with Gasteiger partial charge in [-0.2, -0.15) is 0 Å². The number of aliphatic carboxylic acids is 3. The maximum Gasteiger partial charge on any atom is 0.310 e. The Balaban J connectivity index is 0. The number of rotatable bonds is 48. The number of carboxylic acids is 3. The largest absolute Gasteiger partial charge is 0.481 e. The maximum absolute atomic E-state index is 12.1. The first-order chi connectivity index (χ1) is 33.1. The molecule has 0 aliphatic rings. The van der Waals surface area contributed by atoms with Crippen molar-refractivity contribution in [3.63, 3.8) is 0 Å². The molecule has 0 heterocycles. The van der Waals surface area contributed by atoms with Crippen LogP contribution >= 0.6 is 0 Å². The molecule has 0 aliphatic heterocycles. The minimum absolute atomic E-state index is 0.0917. The third-order valence-corrected chi connectivity index (χ3v) is 12.5. The second-order valence-corrected chi connectivity index (χ2v) is 18.9. The molecule has 7 N–H and O–H groups in total. The zero-order chi connectivity index (χ0) is 52.0. The summed E-state index contributed by atoms with van der Waals surface area (Å²) in [6.07, 6.45) is 26.4. The molecule has 406 valence electrons. The maximum atomic E-state index is 12.1. The van der Waals surface area contributed by atoms with E-state index < -0.39 is 79.6 Å². The third-order valence-electron chi connectivity index (χ3n) is 12.5. The molecule has 69 heavy (non-hydrogen) atoms. The van der Waals surface area contributed by atoms with Crippen molar-refractivity contribution in [1.29, 1.82) is 0 Å². The lowest BCUT2D eigenvalue weighted by Crippen LogP contribution is -2.48. The Morgan fingerprint density at radius 2 is 0.768 bits per heavy atom. The summed E-state index contributed by atoms with van der Waals surface area (Å²) in [6, 6.07) is 0. The summed E-state index contributed by atoms with van der Waals surface area (Å²) in [5, 5.41) is 66.4. The first kappa shape index (κ1) is 67.7. The topological polar surface area (TPSA) is 272 Å². The lowest BCUT2D eigenvalue weighted by molar-refractivity contribution is -0.170. The molecule has 16 heteroatoms. The van der Waals surface area contributed by atoms with E-state index in [1.807, 2.05) is 0 Å². The Labute approximate surface area is 415 Å². The van der Waals surface area contributed by atoms with Gasteiger partial charge in [-0.05, 0) is 32.1 Å². The summed E-state index contributed by atoms with van der Waals surface area (Å²) < 4.78 is 15.8. The van der Waals surface area contributed by atoms with Crippen LogP contribution < -0.4 is 0 Å². The molecule has 0 amide bonds. The van der Waals surface area contributed by atoms with Crippen LogP contribution in [-0.2, 0) is 43.0 Å². The van der Waals surface area contributed by atoms with Crippen LogP contribution in [0.25, 0.3) is 0 Å². The van der Waals surface area contributed by atoms with Crippen LogP contribution in [-0.4, -0.2) is 116 Å². The van der Waals surface area contributed by atoms with Gasteiger partial charge < -0.3 is 50.0 Å². The van der Waals surface area contributed by atoms with Crippen molar-refractivity contribution in [3.8, 4) is 0 Å². The molecule has 0 saturated carbocycles. The Morgan fingerprint density at radius 3 is 1.07 bits per heavy atom. The van der Waals surface area contributed by atoms with Crippen molar-refractivity contribution in [3.05, 3.63) is 0 Å². The van der Waals surface area contributed by atoms with Gasteiger partial charge in [0.2, 0.25) is 0 Å². The highest BCUT2D eigenvalue weighted by atomic mass is 16.6. The summed E-state index contributed by atoms with van der Waals surface area (Å²) in [6.45, 7) is 4.72. The van der Waals surface area contributed by atoms with Crippen molar-refractivity contribution >= 4 is 35.8 Å². The second-order valence-electron chi connectivity index (χ2n) is 18.9. The average molecular weight is 991 g/mol. The van der Waals surface area contributed by atoms with Gasteiger partial charge in [0.15, 0.2) is 6.10 Å². The van der Waals surface area contributed by atoms with E-state index in [1.165, 1.54) is 109 Å². The number of carbonyl (C=O) groups excluding carboxylic acids is 3. The Bertz CT molecular complexity index is 1240. The molecule has 0 aromatic carbocycles. The molecule has 0 aliphatic carbocycles. The van der Waals surface area contributed by atoms with Crippen molar-refractivity contribution in [2.24, 2.45) is 11.3 Å². The Hall–Kier alpha value is -3.34. The van der Waals surface area contributed by atoms with Gasteiger partial charge in [0.1, 0.15) is 13.2 Å². The average Bonchev–Trinajstić information content (AvgIpc) is 3.32. The Morgan fingerprint density at radius 1 is 0.435 bits per heavy atom. The fraction of sp³-hybridized carbons (Fsp3) is 0.887. The predicted molar refractivity (Wildman–Crippen MR) is 265 cm³/mol. The van der Waals surface area contributed by atoms with Crippen molar-refractivity contribution in [1.82, 2.24) is 0 Å². The van der Waals surface area contributed by atoms with Gasteiger partial charge in [-0.15, -0.1) is 0 Å². The quantitative estimate of drug-likeness (QED) is 0.0170. The molecule has 0 aromatic heterocycles. The van der Waals surface area contributed by atoms with E-state index in [0.29, 0.717) is 6.42 Å². The van der Waals surface area contributed by atoms with Gasteiger partial charge in [-0.3, -0.25) is 28.8 Å². The monoisotopic (exact) mass is 991 g/mol. The number of esters is 3. The number of hydrogen-bond donors (Lipinski definition) is 7. The Kier molecular flexibility index (Phi) is 46.2. The van der Waals surface area contributed by atoms with Crippen molar-refractivity contribution in [2.75, 3.05) is 26.4 Å². The van der Waals surface area contributed by atoms with Crippen molar-refractivity contribution < 1.29 is 78.7 Å². The van der Waals surface area contributed by atoms with E-state index in [-0.39, 0.29) is 57.3 Å². The van der Waals surface area contributed by atoms with Gasteiger partial charge in [-0.25, -0.2) is 0 Å². The zero-order valence-electron chi connectivity index (χ0n) is 43.2. The van der Waals surface area contributed by atoms with Crippen LogP contribution in [0.4, 0.5) is 0 Å². The molecule has 0 aromatic rings. The summed E-state index contributed by atoms with van der Waals surface area (Å²) in [4.78, 5) is 71.0. The van der Waals surface area contributed by atoms with Crippen molar-refractivity contribution in [2.45, 2.75) is 264 Å². The molecule has 0 radical (unpaired) electrons. The third kappa shape index (κ3) is 40.0. The minimum atomic E-state index is -1.98. The van der Waals surface area contributed by atoms with Crippen LogP contribution in [0.2, 0.25) is 0 Å². The zero-order valence-corrected chi connectivity index (χ0v) is 43.2. The van der Waals surface area contributed by atoms with E-state index in [2.05, 4.69) is 20.8 Å². The fourth-order valence-corrected chi connectivity index (χ4v) is 8.38. The van der Waals surface area contributed by atoms with E-state index in [0.717, 1.165) is 64.2 Å². The first-order valence-corrected chi connectivity index (χ1v) is 26.9. The highest BCUT2D eigenvalue weighted by molar-refractivity contribution is 5.83. The molecule has 3 atom stereocenters. The van der Waals surface area contributed by atoms with E-state index >= 15 is 0 Å². The van der Waals surface area contributed by atoms with Crippen LogP contribution in [0.5, 0.6) is 0 Å².